The fourth-order valence-electron chi connectivity index (χ4n) is 4.44. The van der Waals surface area contributed by atoms with Crippen LogP contribution in [0.3, 0.4) is 0 Å². The summed E-state index contributed by atoms with van der Waals surface area (Å²) in [5.41, 5.74) is 3.68. The minimum atomic E-state index is 0.296. The number of anilines is 3. The molecule has 33 heavy (non-hydrogen) atoms. The SMILES string of the molecule is COc1nccc(-n2cnc(Nc3cc(C4CC4)cc(N4CCN(C5COC5)CC4)c3)n2)n1. The first-order valence-corrected chi connectivity index (χ1v) is 11.5. The third-order valence-electron chi connectivity index (χ3n) is 6.59. The van der Waals surface area contributed by atoms with Crippen LogP contribution in [0.1, 0.15) is 24.3 Å². The highest BCUT2D eigenvalue weighted by molar-refractivity contribution is 5.65. The second-order valence-electron chi connectivity index (χ2n) is 8.84. The van der Waals surface area contributed by atoms with Gasteiger partial charge in [-0.05, 0) is 42.5 Å². The van der Waals surface area contributed by atoms with Crippen molar-refractivity contribution < 1.29 is 9.47 Å². The summed E-state index contributed by atoms with van der Waals surface area (Å²) in [5.74, 6) is 1.80. The number of nitrogens with one attached hydrogen (secondary N) is 1. The van der Waals surface area contributed by atoms with Gasteiger partial charge in [-0.2, -0.15) is 9.97 Å². The molecule has 1 aliphatic carbocycles. The maximum absolute atomic E-state index is 5.37. The predicted octanol–water partition coefficient (Wildman–Crippen LogP) is 2.21. The Balaban J connectivity index is 1.20. The lowest BCUT2D eigenvalue weighted by Crippen LogP contribution is -2.56. The number of benzene rings is 1. The van der Waals surface area contributed by atoms with Gasteiger partial charge in [0.05, 0.1) is 26.4 Å². The molecule has 0 atom stereocenters. The van der Waals surface area contributed by atoms with E-state index >= 15 is 0 Å². The van der Waals surface area contributed by atoms with Crippen LogP contribution < -0.4 is 15.0 Å². The molecule has 2 aliphatic heterocycles. The zero-order chi connectivity index (χ0) is 22.2. The molecule has 2 saturated heterocycles. The fourth-order valence-corrected chi connectivity index (χ4v) is 4.44. The molecule has 2 aromatic heterocycles. The minimum Gasteiger partial charge on any atom is -0.467 e. The lowest BCUT2D eigenvalue weighted by Gasteiger charge is -2.43. The van der Waals surface area contributed by atoms with Gasteiger partial charge >= 0.3 is 6.01 Å². The van der Waals surface area contributed by atoms with Crippen LogP contribution in [-0.2, 0) is 4.74 Å². The second kappa shape index (κ2) is 8.60. The van der Waals surface area contributed by atoms with Crippen LogP contribution in [0.4, 0.5) is 17.3 Å². The average Bonchev–Trinajstić information content (AvgIpc) is 3.57. The Hall–Kier alpha value is -3.24. The number of ether oxygens (including phenoxy) is 2. The normalized spacial score (nSPS) is 19.4. The summed E-state index contributed by atoms with van der Waals surface area (Å²) in [7, 11) is 1.54. The Morgan fingerprint density at radius 1 is 1.06 bits per heavy atom. The van der Waals surface area contributed by atoms with Crippen LogP contribution in [0.15, 0.2) is 36.8 Å². The highest BCUT2D eigenvalue weighted by Gasteiger charge is 2.30. The molecule has 1 aromatic carbocycles. The van der Waals surface area contributed by atoms with Gasteiger partial charge in [-0.3, -0.25) is 4.90 Å². The Morgan fingerprint density at radius 2 is 1.91 bits per heavy atom. The molecule has 1 N–H and O–H groups in total. The van der Waals surface area contributed by atoms with Gasteiger partial charge in [-0.15, -0.1) is 5.10 Å². The predicted molar refractivity (Wildman–Crippen MR) is 124 cm³/mol. The lowest BCUT2D eigenvalue weighted by molar-refractivity contribution is -0.0660. The van der Waals surface area contributed by atoms with Crippen molar-refractivity contribution >= 4 is 17.3 Å². The summed E-state index contributed by atoms with van der Waals surface area (Å²) in [6.07, 6.45) is 5.81. The summed E-state index contributed by atoms with van der Waals surface area (Å²) in [6, 6.07) is 9.48. The van der Waals surface area contributed by atoms with E-state index < -0.39 is 0 Å². The Kier molecular flexibility index (Phi) is 5.31. The van der Waals surface area contributed by atoms with Crippen LogP contribution in [0.5, 0.6) is 6.01 Å². The van der Waals surface area contributed by atoms with E-state index in [4.69, 9.17) is 9.47 Å². The van der Waals surface area contributed by atoms with Crippen LogP contribution in [0.25, 0.3) is 5.82 Å². The summed E-state index contributed by atoms with van der Waals surface area (Å²) in [6.45, 7) is 6.00. The smallest absolute Gasteiger partial charge is 0.318 e. The van der Waals surface area contributed by atoms with Gasteiger partial charge in [0.1, 0.15) is 6.33 Å². The van der Waals surface area contributed by atoms with Crippen molar-refractivity contribution in [1.29, 1.82) is 0 Å². The quantitative estimate of drug-likeness (QED) is 0.584. The average molecular weight is 449 g/mol. The van der Waals surface area contributed by atoms with Gasteiger partial charge in [0, 0.05) is 49.8 Å². The zero-order valence-electron chi connectivity index (χ0n) is 18.7. The van der Waals surface area contributed by atoms with Crippen molar-refractivity contribution in [2.24, 2.45) is 0 Å². The highest BCUT2D eigenvalue weighted by atomic mass is 16.5. The zero-order valence-corrected chi connectivity index (χ0v) is 18.7. The maximum atomic E-state index is 5.37. The van der Waals surface area contributed by atoms with Gasteiger partial charge < -0.3 is 19.7 Å². The van der Waals surface area contributed by atoms with Crippen LogP contribution in [0, 0.1) is 0 Å². The summed E-state index contributed by atoms with van der Waals surface area (Å²) in [4.78, 5) is 17.8. The van der Waals surface area contributed by atoms with E-state index in [1.165, 1.54) is 24.1 Å². The third kappa shape index (κ3) is 4.36. The number of aromatic nitrogens is 5. The number of hydrogen-bond acceptors (Lipinski definition) is 9. The number of nitrogens with zero attached hydrogens (tertiary/aromatic N) is 7. The van der Waals surface area contributed by atoms with Crippen molar-refractivity contribution in [1.82, 2.24) is 29.6 Å². The van der Waals surface area contributed by atoms with E-state index in [1.54, 1.807) is 30.4 Å². The Bertz CT molecular complexity index is 1120. The Labute approximate surface area is 192 Å². The van der Waals surface area contributed by atoms with Crippen LogP contribution in [0.2, 0.25) is 0 Å². The van der Waals surface area contributed by atoms with E-state index in [2.05, 4.69) is 53.4 Å². The van der Waals surface area contributed by atoms with Gasteiger partial charge in [-0.1, -0.05) is 0 Å². The largest absolute Gasteiger partial charge is 0.467 e. The third-order valence-corrected chi connectivity index (χ3v) is 6.59. The first-order chi connectivity index (χ1) is 16.2. The molecule has 0 bridgehead atoms. The number of hydrogen-bond donors (Lipinski definition) is 1. The summed E-state index contributed by atoms with van der Waals surface area (Å²) < 4.78 is 12.1. The maximum Gasteiger partial charge on any atom is 0.318 e. The van der Waals surface area contributed by atoms with Crippen molar-refractivity contribution in [3.05, 3.63) is 42.4 Å². The lowest BCUT2D eigenvalue weighted by atomic mass is 10.1. The molecule has 172 valence electrons. The van der Waals surface area contributed by atoms with E-state index in [1.807, 2.05) is 0 Å². The fraction of sp³-hybridized carbons (Fsp3) is 0.478. The molecule has 0 amide bonds. The molecule has 3 aromatic rings. The Morgan fingerprint density at radius 3 is 2.64 bits per heavy atom. The summed E-state index contributed by atoms with van der Waals surface area (Å²) in [5, 5.41) is 7.94. The number of piperazine rings is 1. The van der Waals surface area contributed by atoms with E-state index in [0.29, 0.717) is 29.7 Å². The van der Waals surface area contributed by atoms with Crippen LogP contribution >= 0.6 is 0 Å². The molecule has 4 heterocycles. The number of methoxy groups -OCH3 is 1. The topological polar surface area (TPSA) is 93.5 Å². The monoisotopic (exact) mass is 448 g/mol. The van der Waals surface area contributed by atoms with Gasteiger partial charge in [0.25, 0.3) is 0 Å². The molecule has 0 radical (unpaired) electrons. The highest BCUT2D eigenvalue weighted by Crippen LogP contribution is 2.42. The molecule has 1 saturated carbocycles. The van der Waals surface area contributed by atoms with Crippen molar-refractivity contribution in [2.75, 3.05) is 56.7 Å². The molecule has 3 aliphatic rings. The summed E-state index contributed by atoms with van der Waals surface area (Å²) >= 11 is 0. The van der Waals surface area contributed by atoms with Crippen LogP contribution in [-0.4, -0.2) is 82.2 Å². The molecular weight excluding hydrogens is 420 g/mol. The first kappa shape index (κ1) is 20.4. The second-order valence-corrected chi connectivity index (χ2v) is 8.84. The van der Waals surface area contributed by atoms with E-state index in [-0.39, 0.29) is 0 Å². The molecule has 10 nitrogen and oxygen atoms in total. The molecule has 10 heteroatoms. The molecule has 0 spiro atoms. The van der Waals surface area contributed by atoms with Crippen molar-refractivity contribution in [3.63, 3.8) is 0 Å². The van der Waals surface area contributed by atoms with Crippen molar-refractivity contribution in [2.45, 2.75) is 24.8 Å². The molecule has 6 rings (SSSR count). The van der Waals surface area contributed by atoms with E-state index in [9.17, 15) is 0 Å². The van der Waals surface area contributed by atoms with Crippen molar-refractivity contribution in [3.8, 4) is 11.8 Å². The first-order valence-electron chi connectivity index (χ1n) is 11.5. The van der Waals surface area contributed by atoms with Gasteiger partial charge in [0.2, 0.25) is 5.95 Å². The molecule has 3 fully saturated rings. The van der Waals surface area contributed by atoms with E-state index in [0.717, 1.165) is 45.1 Å². The van der Waals surface area contributed by atoms with Gasteiger partial charge in [-0.25, -0.2) is 9.67 Å². The molecule has 0 unspecified atom stereocenters. The van der Waals surface area contributed by atoms with Gasteiger partial charge in [0.15, 0.2) is 5.82 Å². The minimum absolute atomic E-state index is 0.296. The molecular formula is C23H28N8O2. The standard InChI is InChI=1S/C23H28N8O2/c1-32-23-24-5-4-21(27-23)31-15-25-22(28-31)26-18-10-17(16-2-3-16)11-19(12-18)29-6-8-30(9-7-29)20-13-33-14-20/h4-5,10-12,15-16,20H,2-3,6-9,13-14H2,1H3,(H,26,28). The number of rotatable bonds is 7.